The van der Waals surface area contributed by atoms with E-state index in [1.807, 2.05) is 18.2 Å². The summed E-state index contributed by atoms with van der Waals surface area (Å²) in [5, 5.41) is 0. The van der Waals surface area contributed by atoms with E-state index >= 15 is 0 Å². The van der Waals surface area contributed by atoms with E-state index < -0.39 is 0 Å². The molecule has 0 aliphatic rings. The van der Waals surface area contributed by atoms with Gasteiger partial charge in [-0.2, -0.15) is 0 Å². The van der Waals surface area contributed by atoms with Crippen LogP contribution < -0.4 is 0 Å². The topological polar surface area (TPSA) is 0 Å². The van der Waals surface area contributed by atoms with Gasteiger partial charge in [0.2, 0.25) is 0 Å². The molecule has 0 aromatic heterocycles. The first kappa shape index (κ1) is 9.35. The van der Waals surface area contributed by atoms with Gasteiger partial charge in [-0.15, -0.1) is 0 Å². The van der Waals surface area contributed by atoms with Gasteiger partial charge in [-0.3, -0.25) is 0 Å². The maximum absolute atomic E-state index is 3.19. The van der Waals surface area contributed by atoms with Crippen LogP contribution in [-0.4, -0.2) is 0 Å². The Labute approximate surface area is 89.0 Å². The highest BCUT2D eigenvalue weighted by Crippen LogP contribution is 2.26. The van der Waals surface area contributed by atoms with E-state index in [9.17, 15) is 0 Å². The lowest BCUT2D eigenvalue weighted by Gasteiger charge is -2.00. The molecule has 0 aliphatic heterocycles. The lowest BCUT2D eigenvalue weighted by Crippen LogP contribution is -1.74. The molecule has 0 heterocycles. The lowest BCUT2D eigenvalue weighted by molar-refractivity contribution is 1.36. The summed E-state index contributed by atoms with van der Waals surface area (Å²) in [6.45, 7) is 2.10. The number of rotatable bonds is 2. The third-order valence-corrected chi connectivity index (χ3v) is 2.91. The van der Waals surface area contributed by atoms with Gasteiger partial charge in [0, 0.05) is 9.79 Å². The molecule has 2 aromatic rings. The highest BCUT2D eigenvalue weighted by molar-refractivity contribution is 7.99. The summed E-state index contributed by atoms with van der Waals surface area (Å²) in [7, 11) is 0. The molecular formula is C13H11S. The van der Waals surface area contributed by atoms with Crippen molar-refractivity contribution in [3.63, 3.8) is 0 Å². The summed E-state index contributed by atoms with van der Waals surface area (Å²) in [4.78, 5) is 2.43. The first-order valence-corrected chi connectivity index (χ1v) is 5.37. The monoisotopic (exact) mass is 199 g/mol. The van der Waals surface area contributed by atoms with E-state index in [4.69, 9.17) is 0 Å². The fourth-order valence-corrected chi connectivity index (χ4v) is 1.97. The van der Waals surface area contributed by atoms with Crippen LogP contribution in [0.3, 0.4) is 0 Å². The minimum Gasteiger partial charge on any atom is -0.0894 e. The second kappa shape index (κ2) is 4.34. The van der Waals surface area contributed by atoms with Gasteiger partial charge in [-0.05, 0) is 31.2 Å². The lowest BCUT2D eigenvalue weighted by atomic mass is 10.2. The molecule has 0 N–H and O–H groups in total. The average Bonchev–Trinajstić information content (AvgIpc) is 2.23. The zero-order valence-corrected chi connectivity index (χ0v) is 8.84. The van der Waals surface area contributed by atoms with E-state index in [1.165, 1.54) is 10.5 Å². The summed E-state index contributed by atoms with van der Waals surface area (Å²) in [6.07, 6.45) is 0. The summed E-state index contributed by atoms with van der Waals surface area (Å²) in [5.41, 5.74) is 1.30. The number of aryl methyl sites for hydroxylation is 1. The average molecular weight is 199 g/mol. The number of hydrogen-bond acceptors (Lipinski definition) is 1. The van der Waals surface area contributed by atoms with E-state index in [1.54, 1.807) is 11.8 Å². The highest BCUT2D eigenvalue weighted by atomic mass is 32.2. The summed E-state index contributed by atoms with van der Waals surface area (Å²) in [5.74, 6) is 0. The second-order valence-electron chi connectivity index (χ2n) is 3.14. The molecule has 14 heavy (non-hydrogen) atoms. The van der Waals surface area contributed by atoms with Crippen molar-refractivity contribution in [2.24, 2.45) is 0 Å². The van der Waals surface area contributed by atoms with Crippen molar-refractivity contribution in [2.45, 2.75) is 16.7 Å². The molecule has 0 spiro atoms. The fourth-order valence-electron chi connectivity index (χ4n) is 1.17. The van der Waals surface area contributed by atoms with Crippen molar-refractivity contribution in [1.82, 2.24) is 0 Å². The molecule has 0 saturated carbocycles. The van der Waals surface area contributed by atoms with Crippen LogP contribution in [0.5, 0.6) is 0 Å². The molecule has 0 fully saturated rings. The smallest absolute Gasteiger partial charge is 0.0201 e. The molecule has 0 amide bonds. The molecule has 0 unspecified atom stereocenters. The zero-order chi connectivity index (χ0) is 9.80. The van der Waals surface area contributed by atoms with E-state index in [0.717, 1.165) is 4.90 Å². The molecule has 1 heteroatoms. The Morgan fingerprint density at radius 1 is 1.00 bits per heavy atom. The van der Waals surface area contributed by atoms with Crippen LogP contribution in [0.1, 0.15) is 5.56 Å². The second-order valence-corrected chi connectivity index (χ2v) is 4.26. The van der Waals surface area contributed by atoms with Gasteiger partial charge in [-0.25, -0.2) is 0 Å². The van der Waals surface area contributed by atoms with Crippen LogP contribution in [0.2, 0.25) is 0 Å². The van der Waals surface area contributed by atoms with Gasteiger partial charge in [-0.1, -0.05) is 47.7 Å². The minimum atomic E-state index is 1.16. The molecular weight excluding hydrogens is 188 g/mol. The fraction of sp³-hybridized carbons (Fsp3) is 0.0769. The van der Waals surface area contributed by atoms with Crippen molar-refractivity contribution in [3.05, 3.63) is 60.2 Å². The van der Waals surface area contributed by atoms with Crippen LogP contribution in [0.15, 0.2) is 58.3 Å². The van der Waals surface area contributed by atoms with Crippen molar-refractivity contribution in [1.29, 1.82) is 0 Å². The maximum Gasteiger partial charge on any atom is 0.0201 e. The Morgan fingerprint density at radius 2 is 1.79 bits per heavy atom. The zero-order valence-electron chi connectivity index (χ0n) is 8.03. The number of hydrogen-bond donors (Lipinski definition) is 0. The molecule has 2 rings (SSSR count). The Morgan fingerprint density at radius 3 is 2.43 bits per heavy atom. The Hall–Kier alpha value is -1.21. The van der Waals surface area contributed by atoms with Crippen LogP contribution in [-0.2, 0) is 0 Å². The quantitative estimate of drug-likeness (QED) is 0.705. The van der Waals surface area contributed by atoms with Gasteiger partial charge in [0.25, 0.3) is 0 Å². The van der Waals surface area contributed by atoms with Crippen LogP contribution in [0, 0.1) is 13.0 Å². The van der Waals surface area contributed by atoms with E-state index in [2.05, 4.69) is 43.3 Å². The van der Waals surface area contributed by atoms with Gasteiger partial charge in [0.15, 0.2) is 0 Å². The molecule has 0 bridgehead atoms. The Balaban J connectivity index is 2.16. The summed E-state index contributed by atoms with van der Waals surface area (Å²) in [6, 6.07) is 19.8. The van der Waals surface area contributed by atoms with Gasteiger partial charge >= 0.3 is 0 Å². The highest BCUT2D eigenvalue weighted by Gasteiger charge is 1.95. The van der Waals surface area contributed by atoms with Crippen LogP contribution in [0.4, 0.5) is 0 Å². The standard InChI is InChI=1S/C13H11S/c1-11-7-9-13(10-8-11)14-12-5-3-2-4-6-12/h2-5,7-10H,1H3. The van der Waals surface area contributed by atoms with E-state index in [-0.39, 0.29) is 0 Å². The Bertz CT molecular complexity index is 389. The predicted octanol–water partition coefficient (Wildman–Crippen LogP) is 3.95. The molecule has 0 atom stereocenters. The molecule has 0 saturated heterocycles. The summed E-state index contributed by atoms with van der Waals surface area (Å²) < 4.78 is 0. The molecule has 0 aliphatic carbocycles. The molecule has 2 aromatic carbocycles. The number of benzene rings is 2. The van der Waals surface area contributed by atoms with Gasteiger partial charge < -0.3 is 0 Å². The maximum atomic E-state index is 3.19. The summed E-state index contributed by atoms with van der Waals surface area (Å²) >= 11 is 1.74. The minimum absolute atomic E-state index is 1.16. The van der Waals surface area contributed by atoms with Gasteiger partial charge in [0.05, 0.1) is 0 Å². The van der Waals surface area contributed by atoms with Crippen molar-refractivity contribution in [2.75, 3.05) is 0 Å². The van der Waals surface area contributed by atoms with Crippen molar-refractivity contribution >= 4 is 11.8 Å². The largest absolute Gasteiger partial charge is 0.0894 e. The molecule has 1 radical (unpaired) electrons. The normalized spacial score (nSPS) is 10.1. The predicted molar refractivity (Wildman–Crippen MR) is 60.6 cm³/mol. The third-order valence-electron chi connectivity index (χ3n) is 1.93. The molecule has 0 nitrogen and oxygen atoms in total. The first-order chi connectivity index (χ1) is 6.84. The van der Waals surface area contributed by atoms with Crippen LogP contribution >= 0.6 is 11.8 Å². The first-order valence-electron chi connectivity index (χ1n) is 4.56. The SMILES string of the molecule is Cc1ccc(Sc2[c]cccc2)cc1. The van der Waals surface area contributed by atoms with Crippen molar-refractivity contribution < 1.29 is 0 Å². The van der Waals surface area contributed by atoms with E-state index in [0.29, 0.717) is 0 Å². The van der Waals surface area contributed by atoms with Crippen molar-refractivity contribution in [3.8, 4) is 0 Å². The van der Waals surface area contributed by atoms with Gasteiger partial charge in [0.1, 0.15) is 0 Å². The van der Waals surface area contributed by atoms with Crippen LogP contribution in [0.25, 0.3) is 0 Å². The molecule has 69 valence electrons. The Kier molecular flexibility index (Phi) is 2.90. The third kappa shape index (κ3) is 2.39.